The number of hydrogen-bond donors (Lipinski definition) is 1. The van der Waals surface area contributed by atoms with Crippen LogP contribution >= 0.6 is 15.9 Å². The van der Waals surface area contributed by atoms with Gasteiger partial charge in [0.05, 0.1) is 0 Å². The van der Waals surface area contributed by atoms with Gasteiger partial charge in [-0.3, -0.25) is 0 Å². The van der Waals surface area contributed by atoms with Gasteiger partial charge in [-0.1, -0.05) is 49.7 Å². The molecule has 17 heavy (non-hydrogen) atoms. The SMILES string of the molecule is CCCNC(c1ccc(Br)cc1C)C(C)(C)C. The lowest BCUT2D eigenvalue weighted by atomic mass is 9.81. The zero-order valence-electron chi connectivity index (χ0n) is 11.6. The smallest absolute Gasteiger partial charge is 0.0371 e. The van der Waals surface area contributed by atoms with E-state index in [0.29, 0.717) is 6.04 Å². The molecule has 1 aromatic rings. The van der Waals surface area contributed by atoms with E-state index in [1.165, 1.54) is 17.5 Å². The molecular weight excluding hydrogens is 274 g/mol. The van der Waals surface area contributed by atoms with Crippen LogP contribution in [0.5, 0.6) is 0 Å². The summed E-state index contributed by atoms with van der Waals surface area (Å²) in [5.41, 5.74) is 2.99. The maximum Gasteiger partial charge on any atom is 0.0371 e. The van der Waals surface area contributed by atoms with E-state index in [4.69, 9.17) is 0 Å². The predicted molar refractivity (Wildman–Crippen MR) is 79.4 cm³/mol. The Bertz CT molecular complexity index is 366. The molecule has 0 aliphatic carbocycles. The van der Waals surface area contributed by atoms with Crippen molar-refractivity contribution in [1.82, 2.24) is 5.32 Å². The molecule has 0 bridgehead atoms. The minimum absolute atomic E-state index is 0.230. The van der Waals surface area contributed by atoms with Crippen molar-refractivity contribution in [3.63, 3.8) is 0 Å². The highest BCUT2D eigenvalue weighted by atomic mass is 79.9. The number of nitrogens with one attached hydrogen (secondary N) is 1. The summed E-state index contributed by atoms with van der Waals surface area (Å²) in [5, 5.41) is 3.67. The molecule has 1 atom stereocenters. The van der Waals surface area contributed by atoms with Crippen LogP contribution in [0.25, 0.3) is 0 Å². The molecule has 0 amide bonds. The van der Waals surface area contributed by atoms with Gasteiger partial charge in [-0.2, -0.15) is 0 Å². The first-order valence-electron chi connectivity index (χ1n) is 6.35. The van der Waals surface area contributed by atoms with E-state index in [1.54, 1.807) is 0 Å². The quantitative estimate of drug-likeness (QED) is 0.838. The maximum absolute atomic E-state index is 3.67. The average molecular weight is 298 g/mol. The normalized spacial score (nSPS) is 13.8. The Morgan fingerprint density at radius 2 is 1.94 bits per heavy atom. The molecule has 1 N–H and O–H groups in total. The largest absolute Gasteiger partial charge is 0.309 e. The van der Waals surface area contributed by atoms with Gasteiger partial charge in [-0.15, -0.1) is 0 Å². The summed E-state index contributed by atoms with van der Waals surface area (Å²) in [4.78, 5) is 0. The predicted octanol–water partition coefficient (Wildman–Crippen LogP) is 4.84. The summed E-state index contributed by atoms with van der Waals surface area (Å²) in [6.07, 6.45) is 1.17. The molecule has 96 valence electrons. The van der Waals surface area contributed by atoms with E-state index in [0.717, 1.165) is 11.0 Å². The van der Waals surface area contributed by atoms with Crippen molar-refractivity contribution in [3.8, 4) is 0 Å². The van der Waals surface area contributed by atoms with Crippen LogP contribution in [0.3, 0.4) is 0 Å². The summed E-state index contributed by atoms with van der Waals surface area (Å²) in [5.74, 6) is 0. The fraction of sp³-hybridized carbons (Fsp3) is 0.600. The average Bonchev–Trinajstić information content (AvgIpc) is 2.19. The van der Waals surface area contributed by atoms with E-state index in [2.05, 4.69) is 74.1 Å². The van der Waals surface area contributed by atoms with E-state index < -0.39 is 0 Å². The molecule has 1 unspecified atom stereocenters. The Kier molecular flexibility index (Phi) is 5.21. The molecule has 0 aliphatic heterocycles. The van der Waals surface area contributed by atoms with Crippen LogP contribution in [0.15, 0.2) is 22.7 Å². The number of aryl methyl sites for hydroxylation is 1. The van der Waals surface area contributed by atoms with Gasteiger partial charge in [0.2, 0.25) is 0 Å². The van der Waals surface area contributed by atoms with Crippen LogP contribution in [0, 0.1) is 12.3 Å². The molecule has 0 saturated heterocycles. The van der Waals surface area contributed by atoms with Crippen molar-refractivity contribution in [2.24, 2.45) is 5.41 Å². The molecule has 1 nitrogen and oxygen atoms in total. The van der Waals surface area contributed by atoms with Crippen molar-refractivity contribution in [2.45, 2.75) is 47.1 Å². The Morgan fingerprint density at radius 1 is 1.29 bits per heavy atom. The summed E-state index contributed by atoms with van der Waals surface area (Å²) >= 11 is 3.53. The fourth-order valence-electron chi connectivity index (χ4n) is 2.13. The second-order valence-electron chi connectivity index (χ2n) is 5.75. The third kappa shape index (κ3) is 4.11. The first-order valence-corrected chi connectivity index (χ1v) is 7.15. The number of rotatable bonds is 4. The standard InChI is InChI=1S/C15H24BrN/c1-6-9-17-14(15(3,4)5)13-8-7-12(16)10-11(13)2/h7-8,10,14,17H,6,9H2,1-5H3. The summed E-state index contributed by atoms with van der Waals surface area (Å²) in [6, 6.07) is 6.98. The van der Waals surface area contributed by atoms with Crippen molar-refractivity contribution >= 4 is 15.9 Å². The van der Waals surface area contributed by atoms with Gasteiger partial charge < -0.3 is 5.32 Å². The zero-order valence-corrected chi connectivity index (χ0v) is 13.2. The topological polar surface area (TPSA) is 12.0 Å². The highest BCUT2D eigenvalue weighted by molar-refractivity contribution is 9.10. The van der Waals surface area contributed by atoms with Gasteiger partial charge >= 0.3 is 0 Å². The third-order valence-corrected chi connectivity index (χ3v) is 3.50. The van der Waals surface area contributed by atoms with E-state index in [9.17, 15) is 0 Å². The van der Waals surface area contributed by atoms with Crippen molar-refractivity contribution in [1.29, 1.82) is 0 Å². The summed E-state index contributed by atoms with van der Waals surface area (Å²) in [7, 11) is 0. The molecule has 0 heterocycles. The van der Waals surface area contributed by atoms with Crippen LogP contribution in [0.4, 0.5) is 0 Å². The second kappa shape index (κ2) is 6.01. The minimum atomic E-state index is 0.230. The molecule has 0 radical (unpaired) electrons. The third-order valence-electron chi connectivity index (χ3n) is 3.01. The lowest BCUT2D eigenvalue weighted by molar-refractivity contribution is 0.272. The zero-order chi connectivity index (χ0) is 13.1. The maximum atomic E-state index is 3.67. The first kappa shape index (κ1) is 14.7. The molecular formula is C15H24BrN. The highest BCUT2D eigenvalue weighted by Gasteiger charge is 2.26. The first-order chi connectivity index (χ1) is 7.86. The molecule has 0 aliphatic rings. The van der Waals surface area contributed by atoms with E-state index >= 15 is 0 Å². The van der Waals surface area contributed by atoms with Crippen LogP contribution in [0.2, 0.25) is 0 Å². The number of halogens is 1. The summed E-state index contributed by atoms with van der Waals surface area (Å²) < 4.78 is 1.15. The fourth-order valence-corrected chi connectivity index (χ4v) is 2.61. The van der Waals surface area contributed by atoms with Gasteiger partial charge in [-0.05, 0) is 48.6 Å². The van der Waals surface area contributed by atoms with Gasteiger partial charge in [-0.25, -0.2) is 0 Å². The van der Waals surface area contributed by atoms with Gasteiger partial charge in [0.25, 0.3) is 0 Å². The lowest BCUT2D eigenvalue weighted by Crippen LogP contribution is -2.33. The monoisotopic (exact) mass is 297 g/mol. The van der Waals surface area contributed by atoms with E-state index in [-0.39, 0.29) is 5.41 Å². The highest BCUT2D eigenvalue weighted by Crippen LogP contribution is 2.35. The molecule has 2 heteroatoms. The Hall–Kier alpha value is -0.340. The van der Waals surface area contributed by atoms with Crippen LogP contribution in [0.1, 0.15) is 51.3 Å². The van der Waals surface area contributed by atoms with Crippen molar-refractivity contribution in [3.05, 3.63) is 33.8 Å². The Morgan fingerprint density at radius 3 is 2.41 bits per heavy atom. The molecule has 0 aromatic heterocycles. The molecule has 0 spiro atoms. The number of benzene rings is 1. The minimum Gasteiger partial charge on any atom is -0.309 e. The second-order valence-corrected chi connectivity index (χ2v) is 6.67. The molecule has 1 rings (SSSR count). The molecule has 1 aromatic carbocycles. The van der Waals surface area contributed by atoms with Gasteiger partial charge in [0.15, 0.2) is 0 Å². The van der Waals surface area contributed by atoms with Gasteiger partial charge in [0.1, 0.15) is 0 Å². The van der Waals surface area contributed by atoms with Crippen LogP contribution in [-0.4, -0.2) is 6.54 Å². The van der Waals surface area contributed by atoms with Crippen LogP contribution in [-0.2, 0) is 0 Å². The van der Waals surface area contributed by atoms with Gasteiger partial charge in [0, 0.05) is 10.5 Å². The lowest BCUT2D eigenvalue weighted by Gasteiger charge is -2.33. The van der Waals surface area contributed by atoms with Crippen molar-refractivity contribution < 1.29 is 0 Å². The summed E-state index contributed by atoms with van der Waals surface area (Å²) in [6.45, 7) is 12.3. The Labute approximate surface area is 114 Å². The number of hydrogen-bond acceptors (Lipinski definition) is 1. The van der Waals surface area contributed by atoms with Crippen molar-refractivity contribution in [2.75, 3.05) is 6.54 Å². The van der Waals surface area contributed by atoms with E-state index in [1.807, 2.05) is 0 Å². The molecule has 0 fully saturated rings. The Balaban J connectivity index is 3.04. The van der Waals surface area contributed by atoms with Crippen LogP contribution < -0.4 is 5.32 Å². The molecule has 0 saturated carbocycles.